The Morgan fingerprint density at radius 1 is 1.39 bits per heavy atom. The first-order valence-electron chi connectivity index (χ1n) is 6.05. The predicted octanol–water partition coefficient (Wildman–Crippen LogP) is 5.23. The van der Waals surface area contributed by atoms with Crippen LogP contribution in [0.2, 0.25) is 5.02 Å². The molecule has 0 aliphatic rings. The SMILES string of the molecule is CC(C)(C#N)CCCCNc1ccc(Br)cc1Cl. The van der Waals surface area contributed by atoms with Gasteiger partial charge in [-0.3, -0.25) is 0 Å². The van der Waals surface area contributed by atoms with Crippen LogP contribution in [0, 0.1) is 16.7 Å². The van der Waals surface area contributed by atoms with Crippen molar-refractivity contribution in [3.63, 3.8) is 0 Å². The van der Waals surface area contributed by atoms with Gasteiger partial charge in [0.05, 0.1) is 22.2 Å². The lowest BCUT2D eigenvalue weighted by Gasteiger charge is -2.14. The highest BCUT2D eigenvalue weighted by molar-refractivity contribution is 9.10. The molecule has 0 bridgehead atoms. The molecular weight excluding hydrogens is 312 g/mol. The largest absolute Gasteiger partial charge is 0.384 e. The fourth-order valence-corrected chi connectivity index (χ4v) is 2.34. The standard InChI is InChI=1S/C14H18BrClN2/c1-14(2,10-17)7-3-4-8-18-13-6-5-11(15)9-12(13)16/h5-6,9,18H,3-4,7-8H2,1-2H3. The molecule has 98 valence electrons. The molecule has 18 heavy (non-hydrogen) atoms. The number of anilines is 1. The molecule has 1 rings (SSSR count). The van der Waals surface area contributed by atoms with E-state index in [1.165, 1.54) is 0 Å². The van der Waals surface area contributed by atoms with Gasteiger partial charge in [-0.15, -0.1) is 0 Å². The van der Waals surface area contributed by atoms with E-state index in [1.807, 2.05) is 32.0 Å². The number of hydrogen-bond acceptors (Lipinski definition) is 2. The van der Waals surface area contributed by atoms with E-state index >= 15 is 0 Å². The average molecular weight is 330 g/mol. The molecule has 0 spiro atoms. The third kappa shape index (κ3) is 5.29. The van der Waals surface area contributed by atoms with E-state index in [0.29, 0.717) is 0 Å². The Labute approximate surface area is 122 Å². The molecule has 0 saturated heterocycles. The highest BCUT2D eigenvalue weighted by atomic mass is 79.9. The second-order valence-corrected chi connectivity index (χ2v) is 6.33. The Morgan fingerprint density at radius 2 is 2.11 bits per heavy atom. The number of unbranched alkanes of at least 4 members (excludes halogenated alkanes) is 1. The molecule has 1 aromatic carbocycles. The minimum absolute atomic E-state index is 0.213. The van der Waals surface area contributed by atoms with Crippen LogP contribution in [0.3, 0.4) is 0 Å². The van der Waals surface area contributed by atoms with Gasteiger partial charge in [-0.1, -0.05) is 34.0 Å². The topological polar surface area (TPSA) is 35.8 Å². The van der Waals surface area contributed by atoms with Gasteiger partial charge in [-0.2, -0.15) is 5.26 Å². The Morgan fingerprint density at radius 3 is 2.72 bits per heavy atom. The average Bonchev–Trinajstić information content (AvgIpc) is 2.31. The molecule has 1 N–H and O–H groups in total. The van der Waals surface area contributed by atoms with Crippen LogP contribution in [0.5, 0.6) is 0 Å². The normalized spacial score (nSPS) is 11.1. The molecular formula is C14H18BrClN2. The smallest absolute Gasteiger partial charge is 0.0683 e. The van der Waals surface area contributed by atoms with Crippen LogP contribution in [0.15, 0.2) is 22.7 Å². The van der Waals surface area contributed by atoms with Crippen molar-refractivity contribution >= 4 is 33.2 Å². The third-order valence-electron chi connectivity index (χ3n) is 2.78. The lowest BCUT2D eigenvalue weighted by molar-refractivity contribution is 0.430. The summed E-state index contributed by atoms with van der Waals surface area (Å²) in [6, 6.07) is 8.13. The first-order chi connectivity index (χ1) is 8.44. The van der Waals surface area contributed by atoms with Crippen LogP contribution in [0.25, 0.3) is 0 Å². The van der Waals surface area contributed by atoms with Gasteiger partial charge in [0.15, 0.2) is 0 Å². The highest BCUT2D eigenvalue weighted by Crippen LogP contribution is 2.26. The van der Waals surface area contributed by atoms with E-state index in [4.69, 9.17) is 16.9 Å². The van der Waals surface area contributed by atoms with Crippen molar-refractivity contribution in [2.24, 2.45) is 5.41 Å². The number of hydrogen-bond donors (Lipinski definition) is 1. The molecule has 0 aliphatic carbocycles. The van der Waals surface area contributed by atoms with Crippen molar-refractivity contribution in [1.82, 2.24) is 0 Å². The lowest BCUT2D eigenvalue weighted by Crippen LogP contribution is -2.09. The van der Waals surface area contributed by atoms with E-state index in [2.05, 4.69) is 27.3 Å². The Hall–Kier alpha value is -0.720. The van der Waals surface area contributed by atoms with Crippen molar-refractivity contribution in [3.8, 4) is 6.07 Å². The van der Waals surface area contributed by atoms with Gasteiger partial charge < -0.3 is 5.32 Å². The van der Waals surface area contributed by atoms with Crippen molar-refractivity contribution in [2.45, 2.75) is 33.1 Å². The van der Waals surface area contributed by atoms with Gasteiger partial charge >= 0.3 is 0 Å². The molecule has 0 saturated carbocycles. The van der Waals surface area contributed by atoms with Crippen LogP contribution >= 0.6 is 27.5 Å². The summed E-state index contributed by atoms with van der Waals surface area (Å²) in [4.78, 5) is 0. The van der Waals surface area contributed by atoms with Crippen LogP contribution in [-0.2, 0) is 0 Å². The molecule has 0 radical (unpaired) electrons. The Bertz CT molecular complexity index is 438. The van der Waals surface area contributed by atoms with E-state index in [9.17, 15) is 0 Å². The summed E-state index contributed by atoms with van der Waals surface area (Å²) >= 11 is 9.48. The monoisotopic (exact) mass is 328 g/mol. The molecule has 0 aliphatic heterocycles. The number of halogens is 2. The maximum Gasteiger partial charge on any atom is 0.0683 e. The Balaban J connectivity index is 2.29. The van der Waals surface area contributed by atoms with Crippen molar-refractivity contribution < 1.29 is 0 Å². The summed E-state index contributed by atoms with van der Waals surface area (Å²) in [6.07, 6.45) is 3.01. The predicted molar refractivity (Wildman–Crippen MR) is 80.9 cm³/mol. The fourth-order valence-electron chi connectivity index (χ4n) is 1.60. The molecule has 0 atom stereocenters. The quantitative estimate of drug-likeness (QED) is 0.725. The van der Waals surface area contributed by atoms with Crippen molar-refractivity contribution in [3.05, 3.63) is 27.7 Å². The second-order valence-electron chi connectivity index (χ2n) is 5.00. The van der Waals surface area contributed by atoms with Gasteiger partial charge in [-0.05, 0) is 44.9 Å². The number of benzene rings is 1. The molecule has 0 unspecified atom stereocenters. The Kier molecular flexibility index (Phi) is 5.98. The zero-order chi connectivity index (χ0) is 13.6. The van der Waals surface area contributed by atoms with Gasteiger partial charge in [0.25, 0.3) is 0 Å². The third-order valence-corrected chi connectivity index (χ3v) is 3.58. The maximum atomic E-state index is 8.90. The summed E-state index contributed by atoms with van der Waals surface area (Å²) in [5.41, 5.74) is 0.745. The van der Waals surface area contributed by atoms with Gasteiger partial charge in [-0.25, -0.2) is 0 Å². The summed E-state index contributed by atoms with van der Waals surface area (Å²) in [7, 11) is 0. The van der Waals surface area contributed by atoms with Gasteiger partial charge in [0, 0.05) is 11.0 Å². The molecule has 0 heterocycles. The first-order valence-corrected chi connectivity index (χ1v) is 7.22. The maximum absolute atomic E-state index is 8.90. The van der Waals surface area contributed by atoms with E-state index in [-0.39, 0.29) is 5.41 Å². The summed E-state index contributed by atoms with van der Waals surface area (Å²) in [6.45, 7) is 4.83. The lowest BCUT2D eigenvalue weighted by atomic mass is 9.89. The number of nitrogens with one attached hydrogen (secondary N) is 1. The first kappa shape index (κ1) is 15.3. The molecule has 0 fully saturated rings. The van der Waals surface area contributed by atoms with Crippen LogP contribution < -0.4 is 5.32 Å². The molecule has 0 amide bonds. The molecule has 0 aromatic heterocycles. The van der Waals surface area contributed by atoms with Crippen molar-refractivity contribution in [2.75, 3.05) is 11.9 Å². The number of rotatable bonds is 6. The van der Waals surface area contributed by atoms with Crippen molar-refractivity contribution in [1.29, 1.82) is 5.26 Å². The minimum Gasteiger partial charge on any atom is -0.384 e. The van der Waals surface area contributed by atoms with E-state index < -0.39 is 0 Å². The van der Waals surface area contributed by atoms with E-state index in [0.717, 1.165) is 41.0 Å². The summed E-state index contributed by atoms with van der Waals surface area (Å²) in [5, 5.41) is 12.9. The zero-order valence-corrected chi connectivity index (χ0v) is 13.1. The van der Waals surface area contributed by atoms with Crippen LogP contribution in [0.1, 0.15) is 33.1 Å². The minimum atomic E-state index is -0.213. The van der Waals surface area contributed by atoms with Crippen LogP contribution in [0.4, 0.5) is 5.69 Å². The van der Waals surface area contributed by atoms with Gasteiger partial charge in [0.1, 0.15) is 0 Å². The number of nitrogens with zero attached hydrogens (tertiary/aromatic N) is 1. The summed E-state index contributed by atoms with van der Waals surface area (Å²) < 4.78 is 0.980. The summed E-state index contributed by atoms with van der Waals surface area (Å²) in [5.74, 6) is 0. The van der Waals surface area contributed by atoms with E-state index in [1.54, 1.807) is 0 Å². The van der Waals surface area contributed by atoms with Crippen LogP contribution in [-0.4, -0.2) is 6.54 Å². The zero-order valence-electron chi connectivity index (χ0n) is 10.8. The highest BCUT2D eigenvalue weighted by Gasteiger charge is 2.15. The second kappa shape index (κ2) is 7.01. The number of nitriles is 1. The fraction of sp³-hybridized carbons (Fsp3) is 0.500. The van der Waals surface area contributed by atoms with Gasteiger partial charge in [0.2, 0.25) is 0 Å². The molecule has 4 heteroatoms. The molecule has 1 aromatic rings. The molecule has 2 nitrogen and oxygen atoms in total.